The molecule has 1 aliphatic rings. The molecule has 0 spiro atoms. The second-order valence-corrected chi connectivity index (χ2v) is 6.18. The monoisotopic (exact) mass is 327 g/mol. The van der Waals surface area contributed by atoms with Gasteiger partial charge in [-0.1, -0.05) is 11.6 Å². The molecule has 0 saturated carbocycles. The first kappa shape index (κ1) is 14.6. The number of fused-ring (bicyclic) bond motifs is 1. The standard InChI is InChI=1S/C17H18ClN5/c18-14-1-2-16-21-17(13-3-5-19-6-4-13)15(23(16)11-14)12-22-9-7-20-8-10-22/h1-6,11,20H,7-10,12H2. The minimum absolute atomic E-state index is 0.720. The highest BCUT2D eigenvalue weighted by atomic mass is 35.5. The first-order valence-electron chi connectivity index (χ1n) is 7.81. The van der Waals surface area contributed by atoms with Gasteiger partial charge in [0.25, 0.3) is 0 Å². The van der Waals surface area contributed by atoms with E-state index in [0.29, 0.717) is 0 Å². The fraction of sp³-hybridized carbons (Fsp3) is 0.294. The van der Waals surface area contributed by atoms with Crippen LogP contribution in [-0.4, -0.2) is 45.4 Å². The third kappa shape index (κ3) is 2.95. The third-order valence-electron chi connectivity index (χ3n) is 4.22. The largest absolute Gasteiger partial charge is 0.314 e. The maximum Gasteiger partial charge on any atom is 0.137 e. The Morgan fingerprint density at radius 3 is 2.65 bits per heavy atom. The molecule has 0 radical (unpaired) electrons. The van der Waals surface area contributed by atoms with Gasteiger partial charge in [0, 0.05) is 56.9 Å². The second-order valence-electron chi connectivity index (χ2n) is 5.74. The molecule has 0 aliphatic carbocycles. The van der Waals surface area contributed by atoms with Crippen molar-refractivity contribution in [3.8, 4) is 11.3 Å². The molecule has 5 nitrogen and oxygen atoms in total. The molecule has 118 valence electrons. The smallest absolute Gasteiger partial charge is 0.137 e. The van der Waals surface area contributed by atoms with Gasteiger partial charge in [-0.25, -0.2) is 4.98 Å². The lowest BCUT2D eigenvalue weighted by molar-refractivity contribution is 0.230. The Morgan fingerprint density at radius 1 is 1.09 bits per heavy atom. The van der Waals surface area contributed by atoms with Crippen LogP contribution in [0.25, 0.3) is 16.9 Å². The Morgan fingerprint density at radius 2 is 1.87 bits per heavy atom. The fourth-order valence-corrected chi connectivity index (χ4v) is 3.20. The van der Waals surface area contributed by atoms with Crippen LogP contribution in [0.4, 0.5) is 0 Å². The number of aromatic nitrogens is 3. The third-order valence-corrected chi connectivity index (χ3v) is 4.44. The van der Waals surface area contributed by atoms with Gasteiger partial charge in [-0.3, -0.25) is 9.88 Å². The molecule has 4 rings (SSSR count). The zero-order valence-corrected chi connectivity index (χ0v) is 13.5. The number of rotatable bonds is 3. The molecule has 0 atom stereocenters. The van der Waals surface area contributed by atoms with E-state index in [1.807, 2.05) is 30.5 Å². The molecule has 0 aromatic carbocycles. The number of imidazole rings is 1. The minimum Gasteiger partial charge on any atom is -0.314 e. The number of hydrogen-bond donors (Lipinski definition) is 1. The summed E-state index contributed by atoms with van der Waals surface area (Å²) < 4.78 is 2.11. The van der Waals surface area contributed by atoms with Gasteiger partial charge in [0.1, 0.15) is 5.65 Å². The van der Waals surface area contributed by atoms with Gasteiger partial charge in [0.2, 0.25) is 0 Å². The van der Waals surface area contributed by atoms with Crippen LogP contribution in [0.2, 0.25) is 5.02 Å². The zero-order valence-electron chi connectivity index (χ0n) is 12.7. The number of pyridine rings is 2. The highest BCUT2D eigenvalue weighted by Gasteiger charge is 2.18. The van der Waals surface area contributed by atoms with Gasteiger partial charge in [-0.15, -0.1) is 0 Å². The van der Waals surface area contributed by atoms with Crippen LogP contribution in [0.15, 0.2) is 42.9 Å². The van der Waals surface area contributed by atoms with Crippen molar-refractivity contribution in [2.24, 2.45) is 0 Å². The SMILES string of the molecule is Clc1ccc2nc(-c3ccncc3)c(CN3CCNCC3)n2c1. The molecule has 1 N–H and O–H groups in total. The molecule has 6 heteroatoms. The van der Waals surface area contributed by atoms with Crippen molar-refractivity contribution in [1.29, 1.82) is 0 Å². The van der Waals surface area contributed by atoms with Crippen LogP contribution in [0.3, 0.4) is 0 Å². The van der Waals surface area contributed by atoms with Crippen LogP contribution in [0, 0.1) is 0 Å². The number of halogens is 1. The van der Waals surface area contributed by atoms with E-state index in [9.17, 15) is 0 Å². The summed E-state index contributed by atoms with van der Waals surface area (Å²) >= 11 is 6.21. The lowest BCUT2D eigenvalue weighted by Gasteiger charge is -2.27. The summed E-state index contributed by atoms with van der Waals surface area (Å²) in [5.74, 6) is 0. The lowest BCUT2D eigenvalue weighted by atomic mass is 10.1. The molecular weight excluding hydrogens is 310 g/mol. The normalized spacial score (nSPS) is 16.0. The molecule has 1 fully saturated rings. The van der Waals surface area contributed by atoms with E-state index >= 15 is 0 Å². The predicted octanol–water partition coefficient (Wildman–Crippen LogP) is 2.45. The number of piperazine rings is 1. The Balaban J connectivity index is 1.82. The quantitative estimate of drug-likeness (QED) is 0.802. The van der Waals surface area contributed by atoms with Crippen LogP contribution < -0.4 is 5.32 Å². The summed E-state index contributed by atoms with van der Waals surface area (Å²) in [7, 11) is 0. The molecular formula is C17H18ClN5. The van der Waals surface area contributed by atoms with Gasteiger partial charge < -0.3 is 9.72 Å². The Hall–Kier alpha value is -1.95. The van der Waals surface area contributed by atoms with Crippen molar-refractivity contribution in [1.82, 2.24) is 24.6 Å². The van der Waals surface area contributed by atoms with Crippen LogP contribution in [0.5, 0.6) is 0 Å². The van der Waals surface area contributed by atoms with Crippen molar-refractivity contribution in [2.45, 2.75) is 6.54 Å². The fourth-order valence-electron chi connectivity index (χ4n) is 3.04. The topological polar surface area (TPSA) is 45.5 Å². The van der Waals surface area contributed by atoms with Crippen molar-refractivity contribution in [3.63, 3.8) is 0 Å². The van der Waals surface area contributed by atoms with E-state index in [1.54, 1.807) is 12.4 Å². The maximum absolute atomic E-state index is 6.21. The molecule has 0 amide bonds. The number of nitrogens with zero attached hydrogens (tertiary/aromatic N) is 4. The summed E-state index contributed by atoms with van der Waals surface area (Å²) in [5, 5.41) is 4.11. The van der Waals surface area contributed by atoms with Gasteiger partial charge in [0.15, 0.2) is 0 Å². The summed E-state index contributed by atoms with van der Waals surface area (Å²) in [4.78, 5) is 11.4. The van der Waals surface area contributed by atoms with Gasteiger partial charge in [-0.05, 0) is 24.3 Å². The van der Waals surface area contributed by atoms with E-state index in [2.05, 4.69) is 19.6 Å². The van der Waals surface area contributed by atoms with Gasteiger partial charge in [0.05, 0.1) is 16.4 Å². The molecule has 4 heterocycles. The van der Waals surface area contributed by atoms with Crippen LogP contribution >= 0.6 is 11.6 Å². The minimum atomic E-state index is 0.720. The molecule has 23 heavy (non-hydrogen) atoms. The Kier molecular flexibility index (Phi) is 3.99. The molecule has 1 saturated heterocycles. The predicted molar refractivity (Wildman–Crippen MR) is 91.6 cm³/mol. The Labute approximate surface area is 139 Å². The summed E-state index contributed by atoms with van der Waals surface area (Å²) in [6.45, 7) is 5.01. The first-order valence-corrected chi connectivity index (χ1v) is 8.19. The molecule has 3 aromatic rings. The maximum atomic E-state index is 6.21. The molecule has 3 aromatic heterocycles. The van der Waals surface area contributed by atoms with E-state index in [4.69, 9.17) is 16.6 Å². The number of nitrogens with one attached hydrogen (secondary N) is 1. The van der Waals surface area contributed by atoms with Crippen molar-refractivity contribution < 1.29 is 0 Å². The van der Waals surface area contributed by atoms with Crippen LogP contribution in [-0.2, 0) is 6.54 Å². The average Bonchev–Trinajstić information content (AvgIpc) is 2.95. The first-order chi connectivity index (χ1) is 11.3. The van der Waals surface area contributed by atoms with Crippen LogP contribution in [0.1, 0.15) is 5.69 Å². The summed E-state index contributed by atoms with van der Waals surface area (Å²) in [6.07, 6.45) is 5.56. The van der Waals surface area contributed by atoms with Crippen molar-refractivity contribution in [3.05, 3.63) is 53.6 Å². The van der Waals surface area contributed by atoms with E-state index in [1.165, 1.54) is 5.69 Å². The number of hydrogen-bond acceptors (Lipinski definition) is 4. The van der Waals surface area contributed by atoms with Crippen molar-refractivity contribution >= 4 is 17.2 Å². The van der Waals surface area contributed by atoms with Crippen molar-refractivity contribution in [2.75, 3.05) is 26.2 Å². The van der Waals surface area contributed by atoms with Gasteiger partial charge in [-0.2, -0.15) is 0 Å². The lowest BCUT2D eigenvalue weighted by Crippen LogP contribution is -2.43. The van der Waals surface area contributed by atoms with E-state index < -0.39 is 0 Å². The zero-order chi connectivity index (χ0) is 15.6. The highest BCUT2D eigenvalue weighted by Crippen LogP contribution is 2.26. The average molecular weight is 328 g/mol. The van der Waals surface area contributed by atoms with E-state index in [-0.39, 0.29) is 0 Å². The summed E-state index contributed by atoms with van der Waals surface area (Å²) in [5.41, 5.74) is 4.19. The summed E-state index contributed by atoms with van der Waals surface area (Å²) in [6, 6.07) is 7.86. The van der Waals surface area contributed by atoms with Gasteiger partial charge >= 0.3 is 0 Å². The van der Waals surface area contributed by atoms with E-state index in [0.717, 1.165) is 54.7 Å². The highest BCUT2D eigenvalue weighted by molar-refractivity contribution is 6.30. The molecule has 0 unspecified atom stereocenters. The molecule has 1 aliphatic heterocycles. The second kappa shape index (κ2) is 6.28. The molecule has 0 bridgehead atoms. The Bertz CT molecular complexity index is 808.